The Morgan fingerprint density at radius 1 is 1.24 bits per heavy atom. The number of H-pyrrole nitrogens is 1. The maximum absolute atomic E-state index is 14.2. The van der Waals surface area contributed by atoms with Gasteiger partial charge in [0.15, 0.2) is 0 Å². The minimum absolute atomic E-state index is 0.0695. The number of rotatable bonds is 7. The molecular weight excluding hydrogens is 393 g/mol. The third-order valence-corrected chi connectivity index (χ3v) is 5.79. The second-order valence-corrected chi connectivity index (χ2v) is 7.97. The Labute approximate surface area is 173 Å². The van der Waals surface area contributed by atoms with Crippen LogP contribution >= 0.6 is 11.6 Å². The van der Waals surface area contributed by atoms with Gasteiger partial charge in [0.2, 0.25) is 0 Å². The lowest BCUT2D eigenvalue weighted by Crippen LogP contribution is -2.23. The summed E-state index contributed by atoms with van der Waals surface area (Å²) in [4.78, 5) is 19.7. The Kier molecular flexibility index (Phi) is 6.04. The van der Waals surface area contributed by atoms with Crippen molar-refractivity contribution in [1.82, 2.24) is 19.1 Å². The number of halogens is 2. The Balaban J connectivity index is 1.64. The van der Waals surface area contributed by atoms with Crippen molar-refractivity contribution < 1.29 is 4.39 Å². The number of aromatic amines is 1. The number of nitrogens with zero attached hydrogens (tertiary/aromatic N) is 3. The maximum atomic E-state index is 14.2. The molecule has 1 aromatic carbocycles. The molecule has 0 unspecified atom stereocenters. The van der Waals surface area contributed by atoms with Gasteiger partial charge in [0.25, 0.3) is 0 Å². The van der Waals surface area contributed by atoms with Crippen LogP contribution in [0.3, 0.4) is 0 Å². The molecule has 3 aromatic rings. The minimum Gasteiger partial charge on any atom is -0.367 e. The van der Waals surface area contributed by atoms with Crippen LogP contribution in [0, 0.1) is 5.82 Å². The zero-order chi connectivity index (χ0) is 20.2. The molecule has 6 nitrogen and oxygen atoms in total. The van der Waals surface area contributed by atoms with Gasteiger partial charge in [0, 0.05) is 37.1 Å². The van der Waals surface area contributed by atoms with Crippen LogP contribution in [0.1, 0.15) is 38.5 Å². The van der Waals surface area contributed by atoms with Gasteiger partial charge in [-0.2, -0.15) is 0 Å². The van der Waals surface area contributed by atoms with E-state index in [2.05, 4.69) is 15.3 Å². The predicted molar refractivity (Wildman–Crippen MR) is 113 cm³/mol. The van der Waals surface area contributed by atoms with Crippen LogP contribution < -0.4 is 11.0 Å². The van der Waals surface area contributed by atoms with E-state index in [0.29, 0.717) is 29.7 Å². The SMILES string of the molecule is O=c1[nH]c(NC2CCCCC2)c(-c2ccc(Cl)c(F)c2)n1CCCn1ccnc1. The Morgan fingerprint density at radius 2 is 2.07 bits per heavy atom. The highest BCUT2D eigenvalue weighted by atomic mass is 35.5. The maximum Gasteiger partial charge on any atom is 0.327 e. The summed E-state index contributed by atoms with van der Waals surface area (Å²) in [6, 6.07) is 5.00. The third-order valence-electron chi connectivity index (χ3n) is 5.49. The molecule has 154 valence electrons. The molecule has 1 aliphatic rings. The molecule has 0 spiro atoms. The van der Waals surface area contributed by atoms with Crippen molar-refractivity contribution in [3.63, 3.8) is 0 Å². The molecular formula is C21H25ClFN5O. The minimum atomic E-state index is -0.494. The van der Waals surface area contributed by atoms with Crippen molar-refractivity contribution in [3.8, 4) is 11.3 Å². The van der Waals surface area contributed by atoms with Crippen LogP contribution in [0.5, 0.6) is 0 Å². The van der Waals surface area contributed by atoms with Crippen molar-refractivity contribution in [2.45, 2.75) is 57.7 Å². The first-order valence-corrected chi connectivity index (χ1v) is 10.5. The van der Waals surface area contributed by atoms with E-state index < -0.39 is 5.82 Å². The molecule has 8 heteroatoms. The van der Waals surface area contributed by atoms with Crippen LogP contribution in [-0.2, 0) is 13.1 Å². The van der Waals surface area contributed by atoms with E-state index in [0.717, 1.165) is 25.8 Å². The first-order chi connectivity index (χ1) is 14.1. The molecule has 1 saturated carbocycles. The number of imidazole rings is 2. The molecule has 0 amide bonds. The lowest BCUT2D eigenvalue weighted by molar-refractivity contribution is 0.462. The Hall–Kier alpha value is -2.54. The fraction of sp³-hybridized carbons (Fsp3) is 0.429. The average molecular weight is 418 g/mol. The van der Waals surface area contributed by atoms with E-state index in [4.69, 9.17) is 11.6 Å². The molecule has 0 radical (unpaired) electrons. The first kappa shape index (κ1) is 19.8. The summed E-state index contributed by atoms with van der Waals surface area (Å²) in [7, 11) is 0. The molecule has 2 heterocycles. The summed E-state index contributed by atoms with van der Waals surface area (Å²) in [5, 5.41) is 3.57. The summed E-state index contributed by atoms with van der Waals surface area (Å²) in [6.45, 7) is 1.26. The van der Waals surface area contributed by atoms with Gasteiger partial charge in [-0.1, -0.05) is 36.9 Å². The van der Waals surface area contributed by atoms with E-state index in [1.807, 2.05) is 10.8 Å². The van der Waals surface area contributed by atoms with Gasteiger partial charge in [-0.25, -0.2) is 14.2 Å². The standard InChI is InChI=1S/C21H25ClFN5O/c22-17-8-7-15(13-18(17)23)19-20(25-16-5-2-1-3-6-16)26-21(29)28(19)11-4-10-27-12-9-24-14-27/h7-9,12-14,16,25H,1-6,10-11H2,(H,26,29). The van der Waals surface area contributed by atoms with E-state index in [1.54, 1.807) is 23.2 Å². The second kappa shape index (κ2) is 8.86. The summed E-state index contributed by atoms with van der Waals surface area (Å²) in [5.41, 5.74) is 1.12. The highest BCUT2D eigenvalue weighted by Crippen LogP contribution is 2.31. The number of benzene rings is 1. The number of aromatic nitrogens is 4. The largest absolute Gasteiger partial charge is 0.367 e. The van der Waals surface area contributed by atoms with Crippen molar-refractivity contribution in [1.29, 1.82) is 0 Å². The second-order valence-electron chi connectivity index (χ2n) is 7.57. The fourth-order valence-corrected chi connectivity index (χ4v) is 4.13. The predicted octanol–water partition coefficient (Wildman–Crippen LogP) is 4.67. The summed E-state index contributed by atoms with van der Waals surface area (Å²) in [6.07, 6.45) is 11.9. The molecule has 0 atom stereocenters. The summed E-state index contributed by atoms with van der Waals surface area (Å²) >= 11 is 5.87. The third kappa shape index (κ3) is 4.56. The average Bonchev–Trinajstić information content (AvgIpc) is 3.33. The highest BCUT2D eigenvalue weighted by Gasteiger charge is 2.21. The zero-order valence-corrected chi connectivity index (χ0v) is 17.0. The van der Waals surface area contributed by atoms with Crippen LogP contribution in [0.2, 0.25) is 5.02 Å². The lowest BCUT2D eigenvalue weighted by atomic mass is 9.95. The summed E-state index contributed by atoms with van der Waals surface area (Å²) < 4.78 is 17.8. The molecule has 29 heavy (non-hydrogen) atoms. The molecule has 1 aliphatic carbocycles. The Morgan fingerprint density at radius 3 is 2.79 bits per heavy atom. The number of hydrogen-bond donors (Lipinski definition) is 2. The number of aryl methyl sites for hydroxylation is 1. The molecule has 1 fully saturated rings. The molecule has 2 aromatic heterocycles. The van der Waals surface area contributed by atoms with E-state index in [1.165, 1.54) is 31.4 Å². The molecule has 2 N–H and O–H groups in total. The smallest absolute Gasteiger partial charge is 0.327 e. The van der Waals surface area contributed by atoms with Gasteiger partial charge < -0.3 is 9.88 Å². The first-order valence-electron chi connectivity index (χ1n) is 10.1. The van der Waals surface area contributed by atoms with Crippen molar-refractivity contribution in [3.05, 3.63) is 58.2 Å². The lowest BCUT2D eigenvalue weighted by Gasteiger charge is -2.24. The van der Waals surface area contributed by atoms with Crippen LogP contribution in [0.15, 0.2) is 41.7 Å². The molecule has 0 saturated heterocycles. The van der Waals surface area contributed by atoms with Gasteiger partial charge in [0.1, 0.15) is 11.6 Å². The topological polar surface area (TPSA) is 67.6 Å². The van der Waals surface area contributed by atoms with Gasteiger partial charge in [-0.15, -0.1) is 0 Å². The highest BCUT2D eigenvalue weighted by molar-refractivity contribution is 6.30. The van der Waals surface area contributed by atoms with Gasteiger partial charge in [-0.3, -0.25) is 9.55 Å². The molecule has 0 aliphatic heterocycles. The fourth-order valence-electron chi connectivity index (χ4n) is 4.01. The quantitative estimate of drug-likeness (QED) is 0.587. The van der Waals surface area contributed by atoms with Crippen LogP contribution in [0.25, 0.3) is 11.3 Å². The van der Waals surface area contributed by atoms with Gasteiger partial charge in [0.05, 0.1) is 17.0 Å². The van der Waals surface area contributed by atoms with Crippen LogP contribution in [0.4, 0.5) is 10.2 Å². The van der Waals surface area contributed by atoms with E-state index >= 15 is 0 Å². The van der Waals surface area contributed by atoms with E-state index in [-0.39, 0.29) is 10.7 Å². The van der Waals surface area contributed by atoms with Gasteiger partial charge in [-0.05, 0) is 31.4 Å². The van der Waals surface area contributed by atoms with Crippen molar-refractivity contribution in [2.75, 3.05) is 5.32 Å². The number of anilines is 1. The molecule has 0 bridgehead atoms. The number of nitrogens with one attached hydrogen (secondary N) is 2. The Bertz CT molecular complexity index is 1000. The van der Waals surface area contributed by atoms with Crippen molar-refractivity contribution >= 4 is 17.4 Å². The summed E-state index contributed by atoms with van der Waals surface area (Å²) in [5.74, 6) is 0.164. The monoisotopic (exact) mass is 417 g/mol. The molecule has 4 rings (SSSR count). The van der Waals surface area contributed by atoms with E-state index in [9.17, 15) is 9.18 Å². The number of hydrogen-bond acceptors (Lipinski definition) is 3. The van der Waals surface area contributed by atoms with Crippen molar-refractivity contribution in [2.24, 2.45) is 0 Å². The zero-order valence-electron chi connectivity index (χ0n) is 16.2. The van der Waals surface area contributed by atoms with Gasteiger partial charge >= 0.3 is 5.69 Å². The van der Waals surface area contributed by atoms with Crippen LogP contribution in [-0.4, -0.2) is 25.1 Å². The normalized spacial score (nSPS) is 15.0.